The molecule has 194 valence electrons. The van der Waals surface area contributed by atoms with Crippen LogP contribution < -0.4 is 0 Å². The summed E-state index contributed by atoms with van der Waals surface area (Å²) in [4.78, 5) is 0.147. The number of sulfonamides is 2. The Bertz CT molecular complexity index is 1520. The standard InChI is InChI=1S/C30H28N2O4S2/c1-25-13-17-29(18-14-25)37(33,34)31(23-27-9-5-3-6-10-27)21-22-32(24-28-11-7-4-8-12-28)38(35,36)30-19-15-26(2)16-20-30/h3-20H,23-24H2,1-2H3. The van der Waals surface area contributed by atoms with Gasteiger partial charge < -0.3 is 0 Å². The van der Waals surface area contributed by atoms with Gasteiger partial charge in [0.2, 0.25) is 0 Å². The predicted molar refractivity (Wildman–Crippen MR) is 148 cm³/mol. The molecule has 0 aliphatic carbocycles. The average molecular weight is 545 g/mol. The first-order valence-corrected chi connectivity index (χ1v) is 14.8. The van der Waals surface area contributed by atoms with Gasteiger partial charge in [-0.25, -0.2) is 25.4 Å². The number of hydrogen-bond donors (Lipinski definition) is 0. The zero-order valence-electron chi connectivity index (χ0n) is 21.2. The Kier molecular flexibility index (Phi) is 8.20. The summed E-state index contributed by atoms with van der Waals surface area (Å²) in [6.45, 7) is 3.65. The molecular formula is C30H28N2O4S2. The quantitative estimate of drug-likeness (QED) is 0.223. The maximum atomic E-state index is 13.6. The van der Waals surface area contributed by atoms with E-state index in [-0.39, 0.29) is 22.9 Å². The van der Waals surface area contributed by atoms with Crippen molar-refractivity contribution >= 4 is 20.0 Å². The van der Waals surface area contributed by atoms with E-state index < -0.39 is 20.0 Å². The number of aryl methyl sites for hydroxylation is 2. The monoisotopic (exact) mass is 544 g/mol. The molecule has 4 aromatic rings. The lowest BCUT2D eigenvalue weighted by atomic mass is 10.2. The van der Waals surface area contributed by atoms with Gasteiger partial charge in [-0.3, -0.25) is 0 Å². The van der Waals surface area contributed by atoms with E-state index in [9.17, 15) is 16.8 Å². The van der Waals surface area contributed by atoms with Crippen LogP contribution in [-0.2, 0) is 33.1 Å². The van der Waals surface area contributed by atoms with Crippen LogP contribution in [0, 0.1) is 25.9 Å². The minimum absolute atomic E-state index is 0.0478. The molecular weight excluding hydrogens is 516 g/mol. The highest BCUT2D eigenvalue weighted by Gasteiger charge is 2.25. The highest BCUT2D eigenvalue weighted by Crippen LogP contribution is 2.21. The minimum atomic E-state index is -4.06. The van der Waals surface area contributed by atoms with E-state index in [2.05, 4.69) is 12.1 Å². The van der Waals surface area contributed by atoms with Gasteiger partial charge in [0.05, 0.1) is 22.9 Å². The van der Waals surface area contributed by atoms with Crippen LogP contribution >= 0.6 is 0 Å². The van der Waals surface area contributed by atoms with Crippen LogP contribution in [0.5, 0.6) is 0 Å². The summed E-state index contributed by atoms with van der Waals surface area (Å²) >= 11 is 0. The molecule has 0 aliphatic heterocycles. The molecule has 0 spiro atoms. The summed E-state index contributed by atoms with van der Waals surface area (Å²) in [5, 5.41) is 0. The van der Waals surface area contributed by atoms with Crippen molar-refractivity contribution in [1.29, 1.82) is 0 Å². The smallest absolute Gasteiger partial charge is 0.218 e. The molecule has 0 heterocycles. The van der Waals surface area contributed by atoms with Gasteiger partial charge in [0.15, 0.2) is 0 Å². The van der Waals surface area contributed by atoms with Gasteiger partial charge in [-0.1, -0.05) is 96.1 Å². The topological polar surface area (TPSA) is 74.8 Å². The zero-order valence-corrected chi connectivity index (χ0v) is 22.8. The SMILES string of the molecule is Cc1ccc(S(=O)(=O)N(C#CN(Cc2ccccc2)S(=O)(=O)c2ccc(C)cc2)Cc2ccccc2)cc1. The third-order valence-corrected chi connectivity index (χ3v) is 9.19. The Labute approximate surface area is 225 Å². The van der Waals surface area contributed by atoms with Crippen molar-refractivity contribution in [2.45, 2.75) is 36.7 Å². The summed E-state index contributed by atoms with van der Waals surface area (Å²) in [5.74, 6) is 0. The van der Waals surface area contributed by atoms with Crippen molar-refractivity contribution in [2.75, 3.05) is 0 Å². The van der Waals surface area contributed by atoms with E-state index in [0.717, 1.165) is 19.7 Å². The number of nitrogens with zero attached hydrogens (tertiary/aromatic N) is 2. The van der Waals surface area contributed by atoms with E-state index in [1.807, 2.05) is 50.2 Å². The molecule has 0 saturated heterocycles. The van der Waals surface area contributed by atoms with Crippen LogP contribution in [0.4, 0.5) is 0 Å². The summed E-state index contributed by atoms with van der Waals surface area (Å²) in [7, 11) is -8.12. The van der Waals surface area contributed by atoms with Gasteiger partial charge in [-0.05, 0) is 49.2 Å². The van der Waals surface area contributed by atoms with Gasteiger partial charge in [0.1, 0.15) is 0 Å². The Morgan fingerprint density at radius 1 is 0.500 bits per heavy atom. The molecule has 0 atom stereocenters. The van der Waals surface area contributed by atoms with Crippen LogP contribution in [0.3, 0.4) is 0 Å². The van der Waals surface area contributed by atoms with Crippen LogP contribution in [0.15, 0.2) is 119 Å². The van der Waals surface area contributed by atoms with Crippen molar-refractivity contribution in [3.8, 4) is 12.1 Å². The molecule has 4 rings (SSSR count). The lowest BCUT2D eigenvalue weighted by Crippen LogP contribution is -2.30. The van der Waals surface area contributed by atoms with Crippen molar-refractivity contribution in [1.82, 2.24) is 8.61 Å². The lowest BCUT2D eigenvalue weighted by molar-refractivity contribution is 0.494. The first kappa shape index (κ1) is 27.0. The predicted octanol–water partition coefficient (Wildman–Crippen LogP) is 5.30. The lowest BCUT2D eigenvalue weighted by Gasteiger charge is -2.21. The second kappa shape index (κ2) is 11.5. The van der Waals surface area contributed by atoms with Gasteiger partial charge in [-0.2, -0.15) is 0 Å². The fraction of sp³-hybridized carbons (Fsp3) is 0.133. The molecule has 4 aromatic carbocycles. The van der Waals surface area contributed by atoms with Crippen LogP contribution in [0.25, 0.3) is 0 Å². The Morgan fingerprint density at radius 2 is 0.816 bits per heavy atom. The van der Waals surface area contributed by atoms with E-state index in [1.165, 1.54) is 24.3 Å². The molecule has 0 unspecified atom stereocenters. The Balaban J connectivity index is 1.80. The third-order valence-electron chi connectivity index (χ3n) is 5.86. The first-order chi connectivity index (χ1) is 18.2. The minimum Gasteiger partial charge on any atom is -0.218 e. The highest BCUT2D eigenvalue weighted by atomic mass is 32.2. The summed E-state index contributed by atoms with van der Waals surface area (Å²) in [5.41, 5.74) is 3.27. The second-order valence-electron chi connectivity index (χ2n) is 8.84. The van der Waals surface area contributed by atoms with E-state index >= 15 is 0 Å². The van der Waals surface area contributed by atoms with Crippen molar-refractivity contribution in [2.24, 2.45) is 0 Å². The largest absolute Gasteiger partial charge is 0.271 e. The Hall–Kier alpha value is -4.06. The molecule has 0 radical (unpaired) electrons. The van der Waals surface area contributed by atoms with Gasteiger partial charge in [0, 0.05) is 12.1 Å². The third kappa shape index (κ3) is 6.43. The molecule has 0 bridgehead atoms. The van der Waals surface area contributed by atoms with Crippen molar-refractivity contribution in [3.63, 3.8) is 0 Å². The van der Waals surface area contributed by atoms with Gasteiger partial charge >= 0.3 is 0 Å². The fourth-order valence-electron chi connectivity index (χ4n) is 3.65. The molecule has 38 heavy (non-hydrogen) atoms. The zero-order chi connectivity index (χ0) is 27.2. The molecule has 0 fully saturated rings. The summed E-state index contributed by atoms with van der Waals surface area (Å²) in [6.07, 6.45) is 0. The molecule has 6 nitrogen and oxygen atoms in total. The molecule has 0 N–H and O–H groups in total. The van der Waals surface area contributed by atoms with Crippen LogP contribution in [0.2, 0.25) is 0 Å². The normalized spacial score (nSPS) is 11.3. The van der Waals surface area contributed by atoms with E-state index in [4.69, 9.17) is 0 Å². The number of rotatable bonds is 8. The van der Waals surface area contributed by atoms with Gasteiger partial charge in [-0.15, -0.1) is 0 Å². The highest BCUT2D eigenvalue weighted by molar-refractivity contribution is 7.89. The second-order valence-corrected chi connectivity index (χ2v) is 12.6. The van der Waals surface area contributed by atoms with Crippen molar-refractivity contribution in [3.05, 3.63) is 131 Å². The summed E-state index contributed by atoms with van der Waals surface area (Å²) in [6, 6.07) is 36.4. The van der Waals surface area contributed by atoms with Crippen LogP contribution in [0.1, 0.15) is 22.3 Å². The molecule has 0 amide bonds. The number of benzene rings is 4. The molecule has 8 heteroatoms. The average Bonchev–Trinajstić information content (AvgIpc) is 2.91. The van der Waals surface area contributed by atoms with E-state index in [0.29, 0.717) is 11.1 Å². The molecule has 0 aliphatic rings. The molecule has 0 aromatic heterocycles. The fourth-order valence-corrected chi connectivity index (χ4v) is 6.08. The van der Waals surface area contributed by atoms with E-state index in [1.54, 1.807) is 48.5 Å². The maximum absolute atomic E-state index is 13.6. The number of hydrogen-bond acceptors (Lipinski definition) is 4. The van der Waals surface area contributed by atoms with Crippen LogP contribution in [-0.4, -0.2) is 25.4 Å². The maximum Gasteiger partial charge on any atom is 0.271 e. The molecule has 0 saturated carbocycles. The Morgan fingerprint density at radius 3 is 1.13 bits per heavy atom. The summed E-state index contributed by atoms with van der Waals surface area (Å²) < 4.78 is 56.5. The van der Waals surface area contributed by atoms with Crippen molar-refractivity contribution < 1.29 is 16.8 Å². The van der Waals surface area contributed by atoms with Gasteiger partial charge in [0.25, 0.3) is 20.0 Å². The first-order valence-electron chi connectivity index (χ1n) is 11.9.